The Kier molecular flexibility index (Phi) is 5.39. The first-order valence-corrected chi connectivity index (χ1v) is 6.52. The molecule has 0 atom stereocenters. The lowest BCUT2D eigenvalue weighted by Gasteiger charge is -2.23. The van der Waals surface area contributed by atoms with Crippen LogP contribution < -0.4 is 16.0 Å². The van der Waals surface area contributed by atoms with Crippen LogP contribution in [0.2, 0.25) is 0 Å². The molecule has 1 rings (SSSR count). The number of hydrogen-bond acceptors (Lipinski definition) is 7. The molecule has 1 aromatic rings. The highest BCUT2D eigenvalue weighted by Crippen LogP contribution is 2.29. The number of aromatic nitrogens is 2. The highest BCUT2D eigenvalue weighted by Gasteiger charge is 2.29. The van der Waals surface area contributed by atoms with Gasteiger partial charge in [-0.2, -0.15) is 0 Å². The van der Waals surface area contributed by atoms with Crippen LogP contribution in [-0.4, -0.2) is 40.9 Å². The Balaban J connectivity index is 3.01. The molecule has 0 aliphatic rings. The molecule has 9 heteroatoms. The summed E-state index contributed by atoms with van der Waals surface area (Å²) in [5.74, 6) is 0.0688. The molecular formula is C12H20N6O3. The van der Waals surface area contributed by atoms with E-state index in [-0.39, 0.29) is 29.8 Å². The highest BCUT2D eigenvalue weighted by molar-refractivity contribution is 5.82. The smallest absolute Gasteiger partial charge is 0.353 e. The van der Waals surface area contributed by atoms with E-state index in [2.05, 4.69) is 25.9 Å². The van der Waals surface area contributed by atoms with Gasteiger partial charge in [0, 0.05) is 20.1 Å². The zero-order valence-electron chi connectivity index (χ0n) is 12.6. The molecule has 1 aromatic heterocycles. The molecule has 1 heterocycles. The van der Waals surface area contributed by atoms with Gasteiger partial charge in [-0.1, -0.05) is 0 Å². The Morgan fingerprint density at radius 2 is 1.90 bits per heavy atom. The molecule has 0 saturated carbocycles. The number of hydrogen-bond donors (Lipinski definition) is 3. The van der Waals surface area contributed by atoms with Crippen LogP contribution in [0.5, 0.6) is 0 Å². The minimum atomic E-state index is -0.730. The number of nitrogens with one attached hydrogen (secondary N) is 3. The standard InChI is InChI=1S/C12H20N6O3/c1-5-14-9-8(18(20)21)10(17-7-16-9)15-6-12(2,3)11(19)13-4/h7H,5-6H2,1-4H3,(H,13,19)(H2,14,15,16,17). The fraction of sp³-hybridized carbons (Fsp3) is 0.583. The van der Waals surface area contributed by atoms with Crippen LogP contribution >= 0.6 is 0 Å². The van der Waals surface area contributed by atoms with Gasteiger partial charge in [0.25, 0.3) is 0 Å². The molecule has 3 N–H and O–H groups in total. The maximum atomic E-state index is 11.7. The lowest BCUT2D eigenvalue weighted by Crippen LogP contribution is -2.39. The number of rotatable bonds is 7. The van der Waals surface area contributed by atoms with Crippen molar-refractivity contribution < 1.29 is 9.72 Å². The molecule has 0 aliphatic carbocycles. The Hall–Kier alpha value is -2.45. The van der Waals surface area contributed by atoms with Crippen LogP contribution in [0, 0.1) is 15.5 Å². The van der Waals surface area contributed by atoms with E-state index in [0.717, 1.165) is 0 Å². The predicted octanol–water partition coefficient (Wildman–Crippen LogP) is 1.00. The zero-order chi connectivity index (χ0) is 16.0. The fourth-order valence-corrected chi connectivity index (χ4v) is 1.70. The molecule has 0 aliphatic heterocycles. The second kappa shape index (κ2) is 6.82. The lowest BCUT2D eigenvalue weighted by atomic mass is 9.92. The number of nitro groups is 1. The first-order valence-electron chi connectivity index (χ1n) is 6.52. The molecule has 1 amide bonds. The topological polar surface area (TPSA) is 122 Å². The lowest BCUT2D eigenvalue weighted by molar-refractivity contribution is -0.383. The van der Waals surface area contributed by atoms with E-state index in [0.29, 0.717) is 6.54 Å². The molecule has 0 fully saturated rings. The molecule has 0 bridgehead atoms. The van der Waals surface area contributed by atoms with E-state index in [4.69, 9.17) is 0 Å². The monoisotopic (exact) mass is 296 g/mol. The zero-order valence-corrected chi connectivity index (χ0v) is 12.6. The average molecular weight is 296 g/mol. The summed E-state index contributed by atoms with van der Waals surface area (Å²) >= 11 is 0. The summed E-state index contributed by atoms with van der Waals surface area (Å²) in [5.41, 5.74) is -0.960. The number of anilines is 2. The first kappa shape index (κ1) is 16.6. The second-order valence-electron chi connectivity index (χ2n) is 5.02. The van der Waals surface area contributed by atoms with Gasteiger partial charge in [-0.3, -0.25) is 14.9 Å². The summed E-state index contributed by atoms with van der Waals surface area (Å²) in [5, 5.41) is 19.4. The summed E-state index contributed by atoms with van der Waals surface area (Å²) in [7, 11) is 1.54. The third-order valence-corrected chi connectivity index (χ3v) is 2.89. The minimum absolute atomic E-state index is 0.0860. The van der Waals surface area contributed by atoms with Crippen LogP contribution in [0.4, 0.5) is 17.3 Å². The largest absolute Gasteiger partial charge is 0.364 e. The molecule has 0 radical (unpaired) electrons. The van der Waals surface area contributed by atoms with Gasteiger partial charge < -0.3 is 16.0 Å². The van der Waals surface area contributed by atoms with Gasteiger partial charge in [0.15, 0.2) is 0 Å². The van der Waals surface area contributed by atoms with Crippen molar-refractivity contribution >= 4 is 23.2 Å². The normalized spacial score (nSPS) is 10.9. The van der Waals surface area contributed by atoms with Gasteiger partial charge in [0.2, 0.25) is 17.5 Å². The van der Waals surface area contributed by atoms with Gasteiger partial charge >= 0.3 is 5.69 Å². The molecule has 21 heavy (non-hydrogen) atoms. The van der Waals surface area contributed by atoms with Crippen LogP contribution in [0.1, 0.15) is 20.8 Å². The second-order valence-corrected chi connectivity index (χ2v) is 5.02. The van der Waals surface area contributed by atoms with Gasteiger partial charge in [-0.05, 0) is 20.8 Å². The Morgan fingerprint density at radius 1 is 1.33 bits per heavy atom. The quantitative estimate of drug-likeness (QED) is 0.506. The van der Waals surface area contributed by atoms with Crippen molar-refractivity contribution in [3.05, 3.63) is 16.4 Å². The van der Waals surface area contributed by atoms with Crippen LogP contribution in [0.25, 0.3) is 0 Å². The van der Waals surface area contributed by atoms with Crippen molar-refractivity contribution in [2.45, 2.75) is 20.8 Å². The van der Waals surface area contributed by atoms with Crippen molar-refractivity contribution in [1.82, 2.24) is 15.3 Å². The van der Waals surface area contributed by atoms with Crippen molar-refractivity contribution in [2.75, 3.05) is 30.8 Å². The summed E-state index contributed by atoms with van der Waals surface area (Å²) < 4.78 is 0. The number of nitrogens with zero attached hydrogens (tertiary/aromatic N) is 3. The van der Waals surface area contributed by atoms with E-state index in [1.165, 1.54) is 6.33 Å². The highest BCUT2D eigenvalue weighted by atomic mass is 16.6. The van der Waals surface area contributed by atoms with Crippen molar-refractivity contribution in [2.24, 2.45) is 5.41 Å². The van der Waals surface area contributed by atoms with E-state index in [1.807, 2.05) is 6.92 Å². The van der Waals surface area contributed by atoms with Crippen molar-refractivity contribution in [3.8, 4) is 0 Å². The minimum Gasteiger partial charge on any atom is -0.364 e. The van der Waals surface area contributed by atoms with Crippen LogP contribution in [0.3, 0.4) is 0 Å². The van der Waals surface area contributed by atoms with Crippen molar-refractivity contribution in [3.63, 3.8) is 0 Å². The molecule has 0 spiro atoms. The van der Waals surface area contributed by atoms with Gasteiger partial charge in [-0.15, -0.1) is 0 Å². The third kappa shape index (κ3) is 4.01. The predicted molar refractivity (Wildman–Crippen MR) is 79.2 cm³/mol. The Bertz CT molecular complexity index is 532. The van der Waals surface area contributed by atoms with Gasteiger partial charge in [0.05, 0.1) is 10.3 Å². The van der Waals surface area contributed by atoms with E-state index < -0.39 is 10.3 Å². The number of carbonyl (C=O) groups excluding carboxylic acids is 1. The number of carbonyl (C=O) groups is 1. The van der Waals surface area contributed by atoms with Crippen LogP contribution in [-0.2, 0) is 4.79 Å². The average Bonchev–Trinajstić information content (AvgIpc) is 2.44. The summed E-state index contributed by atoms with van der Waals surface area (Å²) in [4.78, 5) is 30.1. The third-order valence-electron chi connectivity index (χ3n) is 2.89. The Labute approximate surface area is 122 Å². The fourth-order valence-electron chi connectivity index (χ4n) is 1.70. The molecular weight excluding hydrogens is 276 g/mol. The molecule has 9 nitrogen and oxygen atoms in total. The maximum Gasteiger partial charge on any atom is 0.353 e. The molecule has 0 unspecified atom stereocenters. The van der Waals surface area contributed by atoms with Crippen molar-refractivity contribution in [1.29, 1.82) is 0 Å². The molecule has 0 aromatic carbocycles. The summed E-state index contributed by atoms with van der Waals surface area (Å²) in [6, 6.07) is 0. The molecule has 116 valence electrons. The van der Waals surface area contributed by atoms with Crippen LogP contribution in [0.15, 0.2) is 6.33 Å². The van der Waals surface area contributed by atoms with Gasteiger partial charge in [-0.25, -0.2) is 9.97 Å². The van der Waals surface area contributed by atoms with Gasteiger partial charge in [0.1, 0.15) is 6.33 Å². The van der Waals surface area contributed by atoms with E-state index in [1.54, 1.807) is 20.9 Å². The first-order chi connectivity index (χ1) is 9.83. The Morgan fingerprint density at radius 3 is 2.38 bits per heavy atom. The summed E-state index contributed by atoms with van der Waals surface area (Å²) in [6.45, 7) is 5.98. The maximum absolute atomic E-state index is 11.7. The number of amides is 1. The molecule has 0 saturated heterocycles. The van der Waals surface area contributed by atoms with E-state index >= 15 is 0 Å². The van der Waals surface area contributed by atoms with E-state index in [9.17, 15) is 14.9 Å². The SMILES string of the molecule is CCNc1ncnc(NCC(C)(C)C(=O)NC)c1[N+](=O)[O-]. The summed E-state index contributed by atoms with van der Waals surface area (Å²) in [6.07, 6.45) is 1.24.